The van der Waals surface area contributed by atoms with Gasteiger partial charge in [-0.05, 0) is 19.3 Å². The zero-order chi connectivity index (χ0) is 10.3. The van der Waals surface area contributed by atoms with Crippen molar-refractivity contribution in [2.24, 2.45) is 11.7 Å². The fraction of sp³-hybridized carbons (Fsp3) is 0.800. The number of rotatable bonds is 1. The van der Waals surface area contributed by atoms with Gasteiger partial charge < -0.3 is 15.9 Å². The molecule has 1 aliphatic rings. The van der Waals surface area contributed by atoms with Gasteiger partial charge in [-0.3, -0.25) is 0 Å². The lowest BCUT2D eigenvalue weighted by atomic mass is 9.74. The lowest BCUT2D eigenvalue weighted by Crippen LogP contribution is -2.53. The molecule has 0 aliphatic heterocycles. The molecule has 0 aromatic heterocycles. The topological polar surface area (TPSA) is 66.5 Å². The van der Waals surface area contributed by atoms with E-state index in [2.05, 4.69) is 0 Å². The quantitative estimate of drug-likeness (QED) is 0.518. The first-order valence-corrected chi connectivity index (χ1v) is 4.69. The van der Waals surface area contributed by atoms with Crippen LogP contribution in [0.3, 0.4) is 0 Å². The Hall–Kier alpha value is -0.380. The molecule has 4 N–H and O–H groups in total. The first-order valence-electron chi connectivity index (χ1n) is 4.69. The van der Waals surface area contributed by atoms with E-state index in [-0.39, 0.29) is 5.92 Å². The highest BCUT2D eigenvalue weighted by atomic mass is 16.3. The van der Waals surface area contributed by atoms with Crippen LogP contribution < -0.4 is 5.73 Å². The Morgan fingerprint density at radius 2 is 1.92 bits per heavy atom. The van der Waals surface area contributed by atoms with Gasteiger partial charge in [0.1, 0.15) is 0 Å². The first-order chi connectivity index (χ1) is 5.78. The molecule has 0 fully saturated rings. The third kappa shape index (κ3) is 1.93. The molecule has 0 bridgehead atoms. The van der Waals surface area contributed by atoms with Gasteiger partial charge in [0.2, 0.25) is 0 Å². The minimum atomic E-state index is -0.985. The summed E-state index contributed by atoms with van der Waals surface area (Å²) in [5.41, 5.74) is 3.92. The second kappa shape index (κ2) is 3.08. The van der Waals surface area contributed by atoms with Crippen molar-refractivity contribution in [1.82, 2.24) is 0 Å². The Balaban J connectivity index is 2.90. The molecule has 0 saturated carbocycles. The van der Waals surface area contributed by atoms with E-state index in [0.717, 1.165) is 0 Å². The summed E-state index contributed by atoms with van der Waals surface area (Å²) in [6, 6.07) is -0.398. The maximum Gasteiger partial charge on any atom is 0.0952 e. The van der Waals surface area contributed by atoms with Crippen LogP contribution in [0.15, 0.2) is 12.2 Å². The molecule has 0 aromatic carbocycles. The molecular formula is C10H19NO2. The van der Waals surface area contributed by atoms with Crippen molar-refractivity contribution in [2.75, 3.05) is 0 Å². The molecule has 0 amide bonds. The van der Waals surface area contributed by atoms with E-state index in [1.54, 1.807) is 19.1 Å². The molecule has 0 saturated heterocycles. The van der Waals surface area contributed by atoms with Crippen molar-refractivity contribution in [2.45, 2.75) is 44.4 Å². The minimum absolute atomic E-state index is 0.117. The molecule has 3 atom stereocenters. The van der Waals surface area contributed by atoms with Gasteiger partial charge in [-0.15, -0.1) is 0 Å². The van der Waals surface area contributed by atoms with Crippen LogP contribution in [0.25, 0.3) is 0 Å². The summed E-state index contributed by atoms with van der Waals surface area (Å²) in [6.45, 7) is 5.54. The highest BCUT2D eigenvalue weighted by Gasteiger charge is 2.40. The summed E-state index contributed by atoms with van der Waals surface area (Å²) in [7, 11) is 0. The SMILES string of the molecule is CC(C)C1(O)C=CC(C)(O)C(N)C1. The summed E-state index contributed by atoms with van der Waals surface area (Å²) >= 11 is 0. The Labute approximate surface area is 79.3 Å². The summed E-state index contributed by atoms with van der Waals surface area (Å²) in [4.78, 5) is 0. The van der Waals surface area contributed by atoms with Gasteiger partial charge in [-0.1, -0.05) is 26.0 Å². The molecular weight excluding hydrogens is 166 g/mol. The number of hydrogen-bond donors (Lipinski definition) is 3. The Morgan fingerprint density at radius 3 is 2.31 bits per heavy atom. The lowest BCUT2D eigenvalue weighted by molar-refractivity contribution is -0.0209. The average Bonchev–Trinajstić information content (AvgIpc) is 1.98. The van der Waals surface area contributed by atoms with Gasteiger partial charge in [-0.25, -0.2) is 0 Å². The summed E-state index contributed by atoms with van der Waals surface area (Å²) in [5, 5.41) is 19.8. The molecule has 3 heteroatoms. The lowest BCUT2D eigenvalue weighted by Gasteiger charge is -2.40. The van der Waals surface area contributed by atoms with Crippen molar-refractivity contribution in [1.29, 1.82) is 0 Å². The molecule has 3 nitrogen and oxygen atoms in total. The largest absolute Gasteiger partial charge is 0.385 e. The zero-order valence-electron chi connectivity index (χ0n) is 8.49. The van der Waals surface area contributed by atoms with E-state index in [9.17, 15) is 10.2 Å². The second-order valence-corrected chi connectivity index (χ2v) is 4.52. The predicted octanol–water partition coefficient (Wildman–Crippen LogP) is 0.412. The summed E-state index contributed by atoms with van der Waals surface area (Å²) < 4.78 is 0. The molecule has 3 unspecified atom stereocenters. The predicted molar refractivity (Wildman–Crippen MR) is 52.1 cm³/mol. The van der Waals surface area contributed by atoms with E-state index in [1.165, 1.54) is 0 Å². The van der Waals surface area contributed by atoms with Crippen molar-refractivity contribution in [3.63, 3.8) is 0 Å². The normalized spacial score (nSPS) is 45.6. The van der Waals surface area contributed by atoms with Crippen LogP contribution in [0, 0.1) is 5.92 Å². The molecule has 0 radical (unpaired) electrons. The van der Waals surface area contributed by atoms with Gasteiger partial charge in [0.25, 0.3) is 0 Å². The van der Waals surface area contributed by atoms with Crippen molar-refractivity contribution >= 4 is 0 Å². The second-order valence-electron chi connectivity index (χ2n) is 4.52. The van der Waals surface area contributed by atoms with Crippen LogP contribution >= 0.6 is 0 Å². The third-order valence-corrected chi connectivity index (χ3v) is 3.01. The van der Waals surface area contributed by atoms with E-state index >= 15 is 0 Å². The van der Waals surface area contributed by atoms with Crippen molar-refractivity contribution < 1.29 is 10.2 Å². The van der Waals surface area contributed by atoms with Crippen LogP contribution in [-0.2, 0) is 0 Å². The van der Waals surface area contributed by atoms with Gasteiger partial charge >= 0.3 is 0 Å². The van der Waals surface area contributed by atoms with Gasteiger partial charge in [0.05, 0.1) is 11.2 Å². The van der Waals surface area contributed by atoms with Crippen LogP contribution in [0.5, 0.6) is 0 Å². The number of aliphatic hydroxyl groups is 2. The van der Waals surface area contributed by atoms with E-state index in [0.29, 0.717) is 6.42 Å². The first kappa shape index (κ1) is 10.7. The molecule has 76 valence electrons. The number of nitrogens with two attached hydrogens (primary N) is 1. The van der Waals surface area contributed by atoms with Crippen LogP contribution in [0.4, 0.5) is 0 Å². The molecule has 13 heavy (non-hydrogen) atoms. The van der Waals surface area contributed by atoms with Crippen molar-refractivity contribution in [3.8, 4) is 0 Å². The van der Waals surface area contributed by atoms with Crippen molar-refractivity contribution in [3.05, 3.63) is 12.2 Å². The monoisotopic (exact) mass is 185 g/mol. The molecule has 0 heterocycles. The smallest absolute Gasteiger partial charge is 0.0952 e. The molecule has 1 rings (SSSR count). The highest BCUT2D eigenvalue weighted by molar-refractivity contribution is 5.18. The van der Waals surface area contributed by atoms with Gasteiger partial charge in [0, 0.05) is 6.04 Å². The van der Waals surface area contributed by atoms with E-state index in [1.807, 2.05) is 13.8 Å². The minimum Gasteiger partial charge on any atom is -0.385 e. The van der Waals surface area contributed by atoms with Crippen LogP contribution in [-0.4, -0.2) is 27.5 Å². The van der Waals surface area contributed by atoms with Gasteiger partial charge in [-0.2, -0.15) is 0 Å². The standard InChI is InChI=1S/C10H19NO2/c1-7(2)10(13)5-4-9(3,12)8(11)6-10/h4-5,7-8,12-13H,6,11H2,1-3H3. The summed E-state index contributed by atoms with van der Waals surface area (Å²) in [6.07, 6.45) is 3.68. The van der Waals surface area contributed by atoms with Crippen LogP contribution in [0.1, 0.15) is 27.2 Å². The molecule has 0 aromatic rings. The van der Waals surface area contributed by atoms with E-state index < -0.39 is 17.2 Å². The average molecular weight is 185 g/mol. The van der Waals surface area contributed by atoms with Crippen LogP contribution in [0.2, 0.25) is 0 Å². The maximum atomic E-state index is 10.1. The molecule has 1 aliphatic carbocycles. The Bertz CT molecular complexity index is 223. The Morgan fingerprint density at radius 1 is 1.38 bits per heavy atom. The zero-order valence-corrected chi connectivity index (χ0v) is 8.49. The maximum absolute atomic E-state index is 10.1. The van der Waals surface area contributed by atoms with E-state index in [4.69, 9.17) is 5.73 Å². The Kier molecular flexibility index (Phi) is 2.54. The fourth-order valence-electron chi connectivity index (χ4n) is 1.49. The number of hydrogen-bond acceptors (Lipinski definition) is 3. The summed E-state index contributed by atoms with van der Waals surface area (Å²) in [5.74, 6) is 0.117. The highest BCUT2D eigenvalue weighted by Crippen LogP contribution is 2.32. The fourth-order valence-corrected chi connectivity index (χ4v) is 1.49. The van der Waals surface area contributed by atoms with Gasteiger partial charge in [0.15, 0.2) is 0 Å². The molecule has 0 spiro atoms. The third-order valence-electron chi connectivity index (χ3n) is 3.01.